The number of β-amino-alcohol motifs (C(OH)–C–C–N with tert-alkyl or cyclic N) is 1. The highest BCUT2D eigenvalue weighted by Gasteiger charge is 2.19. The summed E-state index contributed by atoms with van der Waals surface area (Å²) in [5, 5.41) is 14.4. The number of nitrogens with zero attached hydrogens (tertiary/aromatic N) is 4. The van der Waals surface area contributed by atoms with Gasteiger partial charge < -0.3 is 9.84 Å². The monoisotopic (exact) mass is 344 g/mol. The highest BCUT2D eigenvalue weighted by Crippen LogP contribution is 2.12. The van der Waals surface area contributed by atoms with E-state index in [1.165, 1.54) is 11.1 Å². The van der Waals surface area contributed by atoms with E-state index in [1.54, 1.807) is 0 Å². The Morgan fingerprint density at radius 3 is 2.44 bits per heavy atom. The summed E-state index contributed by atoms with van der Waals surface area (Å²) in [6, 6.07) is 7.92. The lowest BCUT2D eigenvalue weighted by atomic mass is 10.2. The van der Waals surface area contributed by atoms with E-state index in [0.29, 0.717) is 13.2 Å². The van der Waals surface area contributed by atoms with Gasteiger partial charge in [0.1, 0.15) is 18.5 Å². The molecule has 0 amide bonds. The fourth-order valence-electron chi connectivity index (χ4n) is 3.12. The van der Waals surface area contributed by atoms with Crippen molar-refractivity contribution < 1.29 is 9.84 Å². The van der Waals surface area contributed by atoms with Crippen LogP contribution >= 0.6 is 0 Å². The lowest BCUT2D eigenvalue weighted by Crippen LogP contribution is -2.48. The minimum atomic E-state index is -0.467. The lowest BCUT2D eigenvalue weighted by Gasteiger charge is -2.35. The van der Waals surface area contributed by atoms with Crippen LogP contribution in [0.4, 0.5) is 0 Å². The molecule has 1 saturated heterocycles. The lowest BCUT2D eigenvalue weighted by molar-refractivity contribution is 0.0446. The summed E-state index contributed by atoms with van der Waals surface area (Å²) >= 11 is 0. The first-order valence-corrected chi connectivity index (χ1v) is 8.88. The smallest absolute Gasteiger partial charge is 0.119 e. The van der Waals surface area contributed by atoms with Crippen molar-refractivity contribution in [3.05, 3.63) is 47.8 Å². The number of benzene rings is 1. The van der Waals surface area contributed by atoms with Gasteiger partial charge in [-0.3, -0.25) is 14.5 Å². The molecule has 1 aromatic heterocycles. The summed E-state index contributed by atoms with van der Waals surface area (Å²) in [6.07, 6.45) is 3.53. The third kappa shape index (κ3) is 5.56. The molecule has 0 aliphatic carbocycles. The van der Waals surface area contributed by atoms with Crippen LogP contribution in [0.1, 0.15) is 11.1 Å². The molecule has 0 saturated carbocycles. The van der Waals surface area contributed by atoms with Gasteiger partial charge in [-0.1, -0.05) is 17.7 Å². The molecule has 1 atom stereocenters. The van der Waals surface area contributed by atoms with Gasteiger partial charge in [-0.2, -0.15) is 5.10 Å². The number of aromatic nitrogens is 2. The van der Waals surface area contributed by atoms with E-state index in [0.717, 1.165) is 38.5 Å². The van der Waals surface area contributed by atoms with Crippen molar-refractivity contribution in [3.8, 4) is 5.75 Å². The second kappa shape index (κ2) is 8.47. The molecule has 1 unspecified atom stereocenters. The number of hydrogen-bond acceptors (Lipinski definition) is 5. The van der Waals surface area contributed by atoms with Gasteiger partial charge in [0, 0.05) is 58.1 Å². The van der Waals surface area contributed by atoms with Crippen molar-refractivity contribution in [2.24, 2.45) is 7.05 Å². The SMILES string of the molecule is Cc1ccc(OCC(O)CN2CCN(Cc3cnn(C)c3)CC2)cc1. The van der Waals surface area contributed by atoms with Gasteiger partial charge in [-0.05, 0) is 19.1 Å². The second-order valence-corrected chi connectivity index (χ2v) is 6.88. The fourth-order valence-corrected chi connectivity index (χ4v) is 3.12. The van der Waals surface area contributed by atoms with Crippen molar-refractivity contribution in [2.45, 2.75) is 19.6 Å². The van der Waals surface area contributed by atoms with Crippen LogP contribution in [0.5, 0.6) is 5.75 Å². The van der Waals surface area contributed by atoms with Crippen molar-refractivity contribution in [2.75, 3.05) is 39.3 Å². The average Bonchev–Trinajstić information content (AvgIpc) is 3.01. The van der Waals surface area contributed by atoms with E-state index < -0.39 is 6.10 Å². The van der Waals surface area contributed by atoms with Gasteiger partial charge in [0.25, 0.3) is 0 Å². The van der Waals surface area contributed by atoms with Crippen LogP contribution in [0, 0.1) is 6.92 Å². The van der Waals surface area contributed by atoms with E-state index in [2.05, 4.69) is 21.1 Å². The molecule has 25 heavy (non-hydrogen) atoms. The summed E-state index contributed by atoms with van der Waals surface area (Å²) in [6.45, 7) is 7.96. The van der Waals surface area contributed by atoms with Gasteiger partial charge in [-0.15, -0.1) is 0 Å². The number of aryl methyl sites for hydroxylation is 2. The third-order valence-electron chi connectivity index (χ3n) is 4.56. The Morgan fingerprint density at radius 1 is 1.12 bits per heavy atom. The van der Waals surface area contributed by atoms with Crippen molar-refractivity contribution in [1.29, 1.82) is 0 Å². The maximum Gasteiger partial charge on any atom is 0.119 e. The Balaban J connectivity index is 1.35. The van der Waals surface area contributed by atoms with E-state index in [4.69, 9.17) is 4.74 Å². The quantitative estimate of drug-likeness (QED) is 0.820. The first-order chi connectivity index (χ1) is 12.1. The first kappa shape index (κ1) is 17.9. The Morgan fingerprint density at radius 2 is 1.80 bits per heavy atom. The number of ether oxygens (including phenoxy) is 1. The molecule has 2 heterocycles. The summed E-state index contributed by atoms with van der Waals surface area (Å²) in [5.41, 5.74) is 2.46. The van der Waals surface area contributed by atoms with Crippen LogP contribution in [0.2, 0.25) is 0 Å². The molecule has 0 bridgehead atoms. The summed E-state index contributed by atoms with van der Waals surface area (Å²) in [5.74, 6) is 0.811. The summed E-state index contributed by atoms with van der Waals surface area (Å²) in [7, 11) is 1.95. The minimum absolute atomic E-state index is 0.332. The molecule has 6 heteroatoms. The molecule has 1 aromatic carbocycles. The molecule has 1 aliphatic rings. The Labute approximate surface area is 149 Å². The second-order valence-electron chi connectivity index (χ2n) is 6.88. The highest BCUT2D eigenvalue weighted by atomic mass is 16.5. The molecular weight excluding hydrogens is 316 g/mol. The predicted octanol–water partition coefficient (Wildman–Crippen LogP) is 1.29. The molecule has 2 aromatic rings. The molecule has 0 radical (unpaired) electrons. The third-order valence-corrected chi connectivity index (χ3v) is 4.56. The summed E-state index contributed by atoms with van der Waals surface area (Å²) < 4.78 is 7.51. The Bertz CT molecular complexity index is 648. The Hall–Kier alpha value is -1.89. The van der Waals surface area contributed by atoms with Crippen LogP contribution in [0.25, 0.3) is 0 Å². The number of aliphatic hydroxyl groups is 1. The van der Waals surface area contributed by atoms with Gasteiger partial charge in [0.15, 0.2) is 0 Å². The largest absolute Gasteiger partial charge is 0.491 e. The average molecular weight is 344 g/mol. The van der Waals surface area contributed by atoms with E-state index in [-0.39, 0.29) is 0 Å². The van der Waals surface area contributed by atoms with E-state index in [1.807, 2.05) is 49.1 Å². The van der Waals surface area contributed by atoms with Crippen LogP contribution in [-0.2, 0) is 13.6 Å². The van der Waals surface area contributed by atoms with Gasteiger partial charge >= 0.3 is 0 Å². The maximum absolute atomic E-state index is 10.2. The van der Waals surface area contributed by atoms with Gasteiger partial charge in [0.2, 0.25) is 0 Å². The molecule has 1 aliphatic heterocycles. The first-order valence-electron chi connectivity index (χ1n) is 8.88. The van der Waals surface area contributed by atoms with Crippen LogP contribution in [0.15, 0.2) is 36.7 Å². The number of hydrogen-bond donors (Lipinski definition) is 1. The van der Waals surface area contributed by atoms with Crippen LogP contribution in [-0.4, -0.2) is 70.1 Å². The molecule has 6 nitrogen and oxygen atoms in total. The molecule has 1 fully saturated rings. The number of piperazine rings is 1. The van der Waals surface area contributed by atoms with Crippen molar-refractivity contribution >= 4 is 0 Å². The van der Waals surface area contributed by atoms with Crippen molar-refractivity contribution in [3.63, 3.8) is 0 Å². The van der Waals surface area contributed by atoms with E-state index in [9.17, 15) is 5.11 Å². The molecular formula is C19H28N4O2. The van der Waals surface area contributed by atoms with E-state index >= 15 is 0 Å². The molecule has 136 valence electrons. The topological polar surface area (TPSA) is 53.8 Å². The predicted molar refractivity (Wildman–Crippen MR) is 97.6 cm³/mol. The summed E-state index contributed by atoms with van der Waals surface area (Å²) in [4.78, 5) is 4.74. The zero-order chi connectivity index (χ0) is 17.6. The maximum atomic E-state index is 10.2. The van der Waals surface area contributed by atoms with Crippen LogP contribution in [0.3, 0.4) is 0 Å². The van der Waals surface area contributed by atoms with Gasteiger partial charge in [0.05, 0.1) is 6.20 Å². The zero-order valence-corrected chi connectivity index (χ0v) is 15.1. The molecule has 1 N–H and O–H groups in total. The Kier molecular flexibility index (Phi) is 6.07. The minimum Gasteiger partial charge on any atom is -0.491 e. The number of aliphatic hydroxyl groups excluding tert-OH is 1. The highest BCUT2D eigenvalue weighted by molar-refractivity contribution is 5.26. The normalized spacial score (nSPS) is 17.6. The van der Waals surface area contributed by atoms with Crippen LogP contribution < -0.4 is 4.74 Å². The van der Waals surface area contributed by atoms with Gasteiger partial charge in [-0.25, -0.2) is 0 Å². The zero-order valence-electron chi connectivity index (χ0n) is 15.1. The fraction of sp³-hybridized carbons (Fsp3) is 0.526. The van der Waals surface area contributed by atoms with Crippen molar-refractivity contribution in [1.82, 2.24) is 19.6 Å². The number of rotatable bonds is 7. The molecule has 3 rings (SSSR count). The standard InChI is InChI=1S/C19H28N4O2/c1-16-3-5-19(6-4-16)25-15-18(24)14-23-9-7-22(8-10-23)13-17-11-20-21(2)12-17/h3-6,11-12,18,24H,7-10,13-15H2,1-2H3. The molecule has 0 spiro atoms.